The van der Waals surface area contributed by atoms with E-state index in [9.17, 15) is 4.39 Å². The van der Waals surface area contributed by atoms with Crippen LogP contribution >= 0.6 is 11.6 Å². The predicted molar refractivity (Wildman–Crippen MR) is 58.7 cm³/mol. The van der Waals surface area contributed by atoms with Crippen molar-refractivity contribution in [3.63, 3.8) is 0 Å². The van der Waals surface area contributed by atoms with E-state index in [1.54, 1.807) is 16.8 Å². The molecule has 84 valence electrons. The van der Waals surface area contributed by atoms with E-state index < -0.39 is 0 Å². The first-order chi connectivity index (χ1) is 7.70. The van der Waals surface area contributed by atoms with Crippen LogP contribution < -0.4 is 0 Å². The average molecular weight is 241 g/mol. The minimum Gasteiger partial charge on any atom is -0.392 e. The number of aromatic nitrogens is 2. The van der Waals surface area contributed by atoms with Crippen molar-refractivity contribution < 1.29 is 9.50 Å². The van der Waals surface area contributed by atoms with Crippen molar-refractivity contribution in [3.8, 4) is 0 Å². The molecule has 0 aliphatic heterocycles. The summed E-state index contributed by atoms with van der Waals surface area (Å²) < 4.78 is 14.2. The molecule has 2 aromatic rings. The molecule has 0 aliphatic rings. The Bertz CT molecular complexity index is 481. The SMILES string of the molecule is OCc1cnn(Cc2ccc(F)cc2)c1Cl. The lowest BCUT2D eigenvalue weighted by molar-refractivity contribution is 0.282. The number of hydrogen-bond donors (Lipinski definition) is 1. The first kappa shape index (κ1) is 11.1. The van der Waals surface area contributed by atoms with Crippen LogP contribution in [0.15, 0.2) is 30.5 Å². The van der Waals surface area contributed by atoms with Gasteiger partial charge in [0.15, 0.2) is 0 Å². The molecule has 0 saturated carbocycles. The van der Waals surface area contributed by atoms with Gasteiger partial charge < -0.3 is 5.11 Å². The maximum absolute atomic E-state index is 12.7. The van der Waals surface area contributed by atoms with Gasteiger partial charge in [-0.05, 0) is 17.7 Å². The molecule has 0 saturated heterocycles. The van der Waals surface area contributed by atoms with Crippen molar-refractivity contribution in [1.29, 1.82) is 0 Å². The predicted octanol–water partition coefficient (Wildman–Crippen LogP) is 2.22. The van der Waals surface area contributed by atoms with Gasteiger partial charge in [0.1, 0.15) is 11.0 Å². The first-order valence-corrected chi connectivity index (χ1v) is 5.14. The van der Waals surface area contributed by atoms with Crippen LogP contribution in [0.5, 0.6) is 0 Å². The minimum atomic E-state index is -0.272. The molecule has 0 aliphatic carbocycles. The quantitative estimate of drug-likeness (QED) is 0.893. The number of aliphatic hydroxyl groups is 1. The van der Waals surface area contributed by atoms with Crippen molar-refractivity contribution >= 4 is 11.6 Å². The van der Waals surface area contributed by atoms with Gasteiger partial charge in [-0.1, -0.05) is 23.7 Å². The van der Waals surface area contributed by atoms with E-state index in [2.05, 4.69) is 5.10 Å². The molecule has 1 aromatic carbocycles. The Hall–Kier alpha value is -1.39. The lowest BCUT2D eigenvalue weighted by atomic mass is 10.2. The Balaban J connectivity index is 2.20. The monoisotopic (exact) mass is 240 g/mol. The largest absolute Gasteiger partial charge is 0.392 e. The van der Waals surface area contributed by atoms with Crippen molar-refractivity contribution in [2.75, 3.05) is 0 Å². The summed E-state index contributed by atoms with van der Waals surface area (Å²) in [6.07, 6.45) is 1.52. The lowest BCUT2D eigenvalue weighted by Gasteiger charge is -2.03. The zero-order valence-electron chi connectivity index (χ0n) is 8.40. The molecule has 0 radical (unpaired) electrons. The molecule has 3 nitrogen and oxygen atoms in total. The molecule has 2 rings (SSSR count). The molecule has 1 aromatic heterocycles. The Kier molecular flexibility index (Phi) is 3.22. The highest BCUT2D eigenvalue weighted by Crippen LogP contribution is 2.16. The fourth-order valence-electron chi connectivity index (χ4n) is 1.39. The third-order valence-corrected chi connectivity index (χ3v) is 2.70. The smallest absolute Gasteiger partial charge is 0.132 e. The highest BCUT2D eigenvalue weighted by Gasteiger charge is 2.07. The van der Waals surface area contributed by atoms with Crippen LogP contribution in [0.2, 0.25) is 5.15 Å². The Morgan fingerprint density at radius 1 is 1.31 bits per heavy atom. The molecule has 1 N–H and O–H groups in total. The molecule has 0 spiro atoms. The number of benzene rings is 1. The third kappa shape index (κ3) is 2.23. The van der Waals surface area contributed by atoms with Crippen LogP contribution in [-0.2, 0) is 13.2 Å². The van der Waals surface area contributed by atoms with Crippen LogP contribution in [0, 0.1) is 5.82 Å². The summed E-state index contributed by atoms with van der Waals surface area (Å²) in [5.74, 6) is -0.272. The molecule has 0 fully saturated rings. The van der Waals surface area contributed by atoms with Gasteiger partial charge in [-0.2, -0.15) is 5.10 Å². The number of nitrogens with zero attached hydrogens (tertiary/aromatic N) is 2. The third-order valence-electron chi connectivity index (χ3n) is 2.26. The van der Waals surface area contributed by atoms with E-state index in [0.717, 1.165) is 5.56 Å². The molecular weight excluding hydrogens is 231 g/mol. The van der Waals surface area contributed by atoms with Crippen LogP contribution in [0.25, 0.3) is 0 Å². The van der Waals surface area contributed by atoms with Gasteiger partial charge in [-0.25, -0.2) is 9.07 Å². The van der Waals surface area contributed by atoms with E-state index in [-0.39, 0.29) is 12.4 Å². The van der Waals surface area contributed by atoms with E-state index >= 15 is 0 Å². The summed E-state index contributed by atoms with van der Waals surface area (Å²) in [7, 11) is 0. The minimum absolute atomic E-state index is 0.137. The molecule has 5 heteroatoms. The summed E-state index contributed by atoms with van der Waals surface area (Å²) in [6, 6.07) is 6.12. The zero-order chi connectivity index (χ0) is 11.5. The molecule has 0 amide bonds. The van der Waals surface area contributed by atoms with Gasteiger partial charge in [0.25, 0.3) is 0 Å². The number of rotatable bonds is 3. The van der Waals surface area contributed by atoms with Gasteiger partial charge in [0, 0.05) is 5.56 Å². The fourth-order valence-corrected chi connectivity index (χ4v) is 1.60. The summed E-state index contributed by atoms with van der Waals surface area (Å²) in [6.45, 7) is 0.321. The van der Waals surface area contributed by atoms with E-state index in [4.69, 9.17) is 16.7 Å². The van der Waals surface area contributed by atoms with E-state index in [0.29, 0.717) is 17.3 Å². The summed E-state index contributed by atoms with van der Waals surface area (Å²) in [5, 5.41) is 13.4. The number of hydrogen-bond acceptors (Lipinski definition) is 2. The van der Waals surface area contributed by atoms with Crippen LogP contribution in [0.3, 0.4) is 0 Å². The van der Waals surface area contributed by atoms with Gasteiger partial charge in [-0.15, -0.1) is 0 Å². The maximum Gasteiger partial charge on any atom is 0.132 e. The number of halogens is 2. The summed E-state index contributed by atoms with van der Waals surface area (Å²) >= 11 is 5.97. The van der Waals surface area contributed by atoms with E-state index in [1.807, 2.05) is 0 Å². The Morgan fingerprint density at radius 3 is 2.56 bits per heavy atom. The zero-order valence-corrected chi connectivity index (χ0v) is 9.15. The second-order valence-corrected chi connectivity index (χ2v) is 3.76. The van der Waals surface area contributed by atoms with Crippen LogP contribution in [0.4, 0.5) is 4.39 Å². The normalized spacial score (nSPS) is 10.7. The standard InChI is InChI=1S/C11H10ClFN2O/c12-11-9(7-16)5-14-15(11)6-8-1-3-10(13)4-2-8/h1-5,16H,6-7H2. The topological polar surface area (TPSA) is 38.1 Å². The molecule has 0 atom stereocenters. The Morgan fingerprint density at radius 2 is 2.00 bits per heavy atom. The molecule has 0 bridgehead atoms. The van der Waals surface area contributed by atoms with Gasteiger partial charge in [0.2, 0.25) is 0 Å². The fraction of sp³-hybridized carbons (Fsp3) is 0.182. The molecular formula is C11H10ClFN2O. The molecule has 0 unspecified atom stereocenters. The number of aliphatic hydroxyl groups excluding tert-OH is 1. The van der Waals surface area contributed by atoms with Crippen molar-refractivity contribution in [1.82, 2.24) is 9.78 Å². The van der Waals surface area contributed by atoms with Crippen molar-refractivity contribution in [3.05, 3.63) is 52.6 Å². The van der Waals surface area contributed by atoms with E-state index in [1.165, 1.54) is 18.3 Å². The molecule has 16 heavy (non-hydrogen) atoms. The molecule has 1 heterocycles. The second-order valence-electron chi connectivity index (χ2n) is 3.40. The van der Waals surface area contributed by atoms with Gasteiger partial charge in [-0.3, -0.25) is 0 Å². The van der Waals surface area contributed by atoms with Crippen LogP contribution in [-0.4, -0.2) is 14.9 Å². The van der Waals surface area contributed by atoms with Gasteiger partial charge in [0.05, 0.1) is 19.3 Å². The summed E-state index contributed by atoms with van der Waals surface area (Å²) in [5.41, 5.74) is 1.49. The van der Waals surface area contributed by atoms with Crippen molar-refractivity contribution in [2.24, 2.45) is 0 Å². The average Bonchev–Trinajstić information content (AvgIpc) is 2.63. The van der Waals surface area contributed by atoms with Crippen LogP contribution in [0.1, 0.15) is 11.1 Å². The Labute approximate surface area is 97.1 Å². The first-order valence-electron chi connectivity index (χ1n) is 4.76. The summed E-state index contributed by atoms with van der Waals surface area (Å²) in [4.78, 5) is 0. The maximum atomic E-state index is 12.7. The highest BCUT2D eigenvalue weighted by molar-refractivity contribution is 6.30. The van der Waals surface area contributed by atoms with Crippen molar-refractivity contribution in [2.45, 2.75) is 13.2 Å². The second kappa shape index (κ2) is 4.63. The van der Waals surface area contributed by atoms with Gasteiger partial charge >= 0.3 is 0 Å². The highest BCUT2D eigenvalue weighted by atomic mass is 35.5. The lowest BCUT2D eigenvalue weighted by Crippen LogP contribution is -2.01.